The Balaban J connectivity index is 2.65. The summed E-state index contributed by atoms with van der Waals surface area (Å²) in [6.45, 7) is 0.550. The van der Waals surface area contributed by atoms with E-state index in [1.165, 1.54) is 6.07 Å². The van der Waals surface area contributed by atoms with Crippen LogP contribution in [0.3, 0.4) is 0 Å². The molecule has 0 radical (unpaired) electrons. The zero-order chi connectivity index (χ0) is 14.3. The summed E-state index contributed by atoms with van der Waals surface area (Å²) in [5.41, 5.74) is 0.694. The number of carbonyl (C=O) groups excluding carboxylic acids is 1. The maximum Gasteiger partial charge on any atom is 0.239 e. The van der Waals surface area contributed by atoms with Gasteiger partial charge in [0.1, 0.15) is 5.82 Å². The predicted octanol–water partition coefficient (Wildman–Crippen LogP) is 0.517. The molecule has 0 aliphatic carbocycles. The van der Waals surface area contributed by atoms with E-state index in [4.69, 9.17) is 4.74 Å². The predicted molar refractivity (Wildman–Crippen MR) is 70.5 cm³/mol. The molecule has 0 bridgehead atoms. The van der Waals surface area contributed by atoms with Crippen molar-refractivity contribution in [2.24, 2.45) is 0 Å². The van der Waals surface area contributed by atoms with Crippen LogP contribution in [-0.2, 0) is 16.1 Å². The highest BCUT2D eigenvalue weighted by atomic mass is 19.1. The molecule has 1 amide bonds. The van der Waals surface area contributed by atoms with Gasteiger partial charge in [0.2, 0.25) is 5.91 Å². The van der Waals surface area contributed by atoms with Crippen LogP contribution in [0.15, 0.2) is 18.2 Å². The Labute approximate surface area is 112 Å². The van der Waals surface area contributed by atoms with E-state index in [0.29, 0.717) is 18.8 Å². The zero-order valence-electron chi connectivity index (χ0n) is 11.1. The van der Waals surface area contributed by atoms with E-state index in [0.717, 1.165) is 0 Å². The molecule has 0 spiro atoms. The number of amides is 1. The SMILES string of the molecule is COCCNC(=O)CN(C)c1cccc(F)c1CO. The Morgan fingerprint density at radius 1 is 1.53 bits per heavy atom. The van der Waals surface area contributed by atoms with Crippen LogP contribution in [0.1, 0.15) is 5.56 Å². The minimum absolute atomic E-state index is 0.0835. The van der Waals surface area contributed by atoms with Crippen LogP contribution in [-0.4, -0.2) is 44.9 Å². The van der Waals surface area contributed by atoms with Crippen LogP contribution in [0, 0.1) is 5.82 Å². The molecular formula is C13H19FN2O3. The van der Waals surface area contributed by atoms with Crippen LogP contribution in [0.25, 0.3) is 0 Å². The second kappa shape index (κ2) is 7.70. The smallest absolute Gasteiger partial charge is 0.239 e. The third kappa shape index (κ3) is 4.50. The highest BCUT2D eigenvalue weighted by molar-refractivity contribution is 5.81. The quantitative estimate of drug-likeness (QED) is 0.709. The molecule has 5 nitrogen and oxygen atoms in total. The molecule has 0 unspecified atom stereocenters. The number of ether oxygens (including phenoxy) is 1. The summed E-state index contributed by atoms with van der Waals surface area (Å²) in [5.74, 6) is -0.667. The summed E-state index contributed by atoms with van der Waals surface area (Å²) >= 11 is 0. The van der Waals surface area contributed by atoms with Crippen LogP contribution in [0.4, 0.5) is 10.1 Å². The van der Waals surface area contributed by atoms with Crippen molar-refractivity contribution in [3.63, 3.8) is 0 Å². The molecule has 0 aliphatic rings. The lowest BCUT2D eigenvalue weighted by molar-refractivity contribution is -0.119. The standard InChI is InChI=1S/C13H19FN2O3/c1-16(8-13(18)15-6-7-19-2)12-5-3-4-11(14)10(12)9-17/h3-5,17H,6-9H2,1-2H3,(H,15,18). The van der Waals surface area contributed by atoms with E-state index >= 15 is 0 Å². The van der Waals surface area contributed by atoms with E-state index < -0.39 is 12.4 Å². The van der Waals surface area contributed by atoms with Crippen LogP contribution in [0.2, 0.25) is 0 Å². The van der Waals surface area contributed by atoms with Crippen molar-refractivity contribution in [3.05, 3.63) is 29.6 Å². The second-order valence-electron chi connectivity index (χ2n) is 4.09. The van der Waals surface area contributed by atoms with Gasteiger partial charge in [0.15, 0.2) is 0 Å². The minimum atomic E-state index is -0.480. The fourth-order valence-electron chi connectivity index (χ4n) is 1.71. The lowest BCUT2D eigenvalue weighted by Crippen LogP contribution is -2.37. The number of likely N-dealkylation sites (N-methyl/N-ethyl adjacent to an activating group) is 1. The van der Waals surface area contributed by atoms with Crippen molar-refractivity contribution in [1.82, 2.24) is 5.32 Å². The Kier molecular flexibility index (Phi) is 6.24. The number of aliphatic hydroxyl groups is 1. The number of methoxy groups -OCH3 is 1. The molecular weight excluding hydrogens is 251 g/mol. The fourth-order valence-corrected chi connectivity index (χ4v) is 1.71. The number of carbonyl (C=O) groups is 1. The van der Waals surface area contributed by atoms with Crippen molar-refractivity contribution in [2.75, 3.05) is 38.8 Å². The summed E-state index contributed by atoms with van der Waals surface area (Å²) in [4.78, 5) is 13.2. The lowest BCUT2D eigenvalue weighted by atomic mass is 10.1. The van der Waals surface area contributed by atoms with Gasteiger partial charge in [-0.15, -0.1) is 0 Å². The molecule has 0 atom stereocenters. The molecule has 0 saturated heterocycles. The number of rotatable bonds is 7. The lowest BCUT2D eigenvalue weighted by Gasteiger charge is -2.21. The number of nitrogens with one attached hydrogen (secondary N) is 1. The van der Waals surface area contributed by atoms with Crippen LogP contribution < -0.4 is 10.2 Å². The summed E-state index contributed by atoms with van der Waals surface area (Å²) in [7, 11) is 3.22. The largest absolute Gasteiger partial charge is 0.391 e. The molecule has 0 aromatic heterocycles. The molecule has 1 aromatic rings. The van der Waals surface area contributed by atoms with Gasteiger partial charge >= 0.3 is 0 Å². The van der Waals surface area contributed by atoms with Gasteiger partial charge < -0.3 is 20.1 Å². The molecule has 19 heavy (non-hydrogen) atoms. The van der Waals surface area contributed by atoms with E-state index in [9.17, 15) is 14.3 Å². The molecule has 6 heteroatoms. The molecule has 0 saturated carbocycles. The van der Waals surface area contributed by atoms with E-state index in [-0.39, 0.29) is 18.0 Å². The molecule has 0 fully saturated rings. The van der Waals surface area contributed by atoms with E-state index in [1.54, 1.807) is 31.2 Å². The van der Waals surface area contributed by atoms with Crippen molar-refractivity contribution in [1.29, 1.82) is 0 Å². The van der Waals surface area contributed by atoms with E-state index in [1.807, 2.05) is 0 Å². The van der Waals surface area contributed by atoms with Gasteiger partial charge in [0, 0.05) is 32.0 Å². The van der Waals surface area contributed by atoms with Crippen LogP contribution in [0.5, 0.6) is 0 Å². The van der Waals surface area contributed by atoms with Gasteiger partial charge in [-0.05, 0) is 12.1 Å². The molecule has 2 N–H and O–H groups in total. The third-order valence-corrected chi connectivity index (χ3v) is 2.67. The average Bonchev–Trinajstić information content (AvgIpc) is 2.38. The summed E-state index contributed by atoms with van der Waals surface area (Å²) < 4.78 is 18.3. The number of hydrogen-bond acceptors (Lipinski definition) is 4. The monoisotopic (exact) mass is 270 g/mol. The number of nitrogens with zero attached hydrogens (tertiary/aromatic N) is 1. The number of aliphatic hydroxyl groups excluding tert-OH is 1. The zero-order valence-corrected chi connectivity index (χ0v) is 11.1. The summed E-state index contributed by atoms with van der Waals surface area (Å²) in [6, 6.07) is 4.49. The number of halogens is 1. The minimum Gasteiger partial charge on any atom is -0.391 e. The molecule has 0 heterocycles. The molecule has 1 aromatic carbocycles. The summed E-state index contributed by atoms with van der Waals surface area (Å²) in [6.07, 6.45) is 0. The van der Waals surface area contributed by atoms with Gasteiger partial charge in [0.25, 0.3) is 0 Å². The Hall–Kier alpha value is -1.66. The Morgan fingerprint density at radius 2 is 2.26 bits per heavy atom. The van der Waals surface area contributed by atoms with Gasteiger partial charge in [-0.25, -0.2) is 4.39 Å². The Morgan fingerprint density at radius 3 is 2.89 bits per heavy atom. The average molecular weight is 270 g/mol. The maximum atomic E-state index is 13.5. The third-order valence-electron chi connectivity index (χ3n) is 2.67. The first-order valence-corrected chi connectivity index (χ1v) is 5.95. The Bertz CT molecular complexity index is 426. The first kappa shape index (κ1) is 15.4. The van der Waals surface area contributed by atoms with Crippen LogP contribution >= 0.6 is 0 Å². The second-order valence-corrected chi connectivity index (χ2v) is 4.09. The first-order chi connectivity index (χ1) is 9.10. The number of anilines is 1. The topological polar surface area (TPSA) is 61.8 Å². The van der Waals surface area contributed by atoms with Gasteiger partial charge in [-0.1, -0.05) is 6.07 Å². The van der Waals surface area contributed by atoms with E-state index in [2.05, 4.69) is 5.32 Å². The van der Waals surface area contributed by atoms with Crippen molar-refractivity contribution in [3.8, 4) is 0 Å². The normalized spacial score (nSPS) is 10.3. The number of benzene rings is 1. The fraction of sp³-hybridized carbons (Fsp3) is 0.462. The first-order valence-electron chi connectivity index (χ1n) is 5.95. The van der Waals surface area contributed by atoms with Gasteiger partial charge in [-0.2, -0.15) is 0 Å². The summed E-state index contributed by atoms with van der Waals surface area (Å²) in [5, 5.41) is 11.8. The molecule has 106 valence electrons. The van der Waals surface area contributed by atoms with Gasteiger partial charge in [-0.3, -0.25) is 4.79 Å². The maximum absolute atomic E-state index is 13.5. The van der Waals surface area contributed by atoms with Crippen molar-refractivity contribution < 1.29 is 19.0 Å². The van der Waals surface area contributed by atoms with Gasteiger partial charge in [0.05, 0.1) is 19.8 Å². The van der Waals surface area contributed by atoms with Crippen molar-refractivity contribution in [2.45, 2.75) is 6.61 Å². The highest BCUT2D eigenvalue weighted by Crippen LogP contribution is 2.21. The van der Waals surface area contributed by atoms with Crippen molar-refractivity contribution >= 4 is 11.6 Å². The molecule has 0 aliphatic heterocycles. The highest BCUT2D eigenvalue weighted by Gasteiger charge is 2.13. The molecule has 1 rings (SSSR count). The number of hydrogen-bond donors (Lipinski definition) is 2.